The van der Waals surface area contributed by atoms with E-state index in [-0.39, 0.29) is 0 Å². The van der Waals surface area contributed by atoms with Crippen molar-refractivity contribution in [3.8, 4) is 0 Å². The van der Waals surface area contributed by atoms with Gasteiger partial charge in [0, 0.05) is 0 Å². The molecule has 0 unspecified atom stereocenters. The summed E-state index contributed by atoms with van der Waals surface area (Å²) in [6, 6.07) is 0. The van der Waals surface area contributed by atoms with Crippen LogP contribution in [0, 0.1) is 5.92 Å². The van der Waals surface area contributed by atoms with E-state index in [9.17, 15) is 0 Å². The van der Waals surface area contributed by atoms with Crippen LogP contribution in [0.2, 0.25) is 4.31 Å². The first-order valence-corrected chi connectivity index (χ1v) is 7.12. The zero-order chi connectivity index (χ0) is 7.61. The minimum atomic E-state index is 0.345. The molecule has 0 aromatic heterocycles. The fourth-order valence-electron chi connectivity index (χ4n) is 1.72. The zero-order valence-electron chi connectivity index (χ0n) is 6.69. The van der Waals surface area contributed by atoms with Gasteiger partial charge in [0.15, 0.2) is 0 Å². The van der Waals surface area contributed by atoms with Gasteiger partial charge in [0.25, 0.3) is 0 Å². The maximum absolute atomic E-state index is 6.02. The molecule has 0 aromatic carbocycles. The van der Waals surface area contributed by atoms with E-state index in [4.69, 9.17) is 10.1 Å². The summed E-state index contributed by atoms with van der Waals surface area (Å²) in [5, 5.41) is 0. The molecule has 1 fully saturated rings. The van der Waals surface area contributed by atoms with Gasteiger partial charge in [-0.1, -0.05) is 0 Å². The van der Waals surface area contributed by atoms with Crippen molar-refractivity contribution in [2.45, 2.75) is 43.8 Å². The normalized spacial score (nSPS) is 24.0. The van der Waals surface area contributed by atoms with Crippen LogP contribution in [0.25, 0.3) is 0 Å². The second kappa shape index (κ2) is 3.47. The quantitative estimate of drug-likeness (QED) is 0.633. The molecule has 0 aromatic rings. The van der Waals surface area contributed by atoms with E-state index < -0.39 is 0 Å². The second-order valence-electron chi connectivity index (χ2n) is 3.50. The first kappa shape index (κ1) is 8.90. The van der Waals surface area contributed by atoms with Gasteiger partial charge in [0.2, 0.25) is 0 Å². The van der Waals surface area contributed by atoms with Crippen LogP contribution in [0.5, 0.6) is 0 Å². The third-order valence-electron chi connectivity index (χ3n) is 2.66. The molecule has 0 radical (unpaired) electrons. The van der Waals surface area contributed by atoms with Gasteiger partial charge in [-0.3, -0.25) is 0 Å². The fraction of sp³-hybridized carbons (Fsp3) is 1.00. The Kier molecular flexibility index (Phi) is 3.09. The molecule has 1 aliphatic carbocycles. The predicted octanol–water partition coefficient (Wildman–Crippen LogP) is 3.23. The Labute approximate surface area is 74.1 Å². The summed E-state index contributed by atoms with van der Waals surface area (Å²) in [5.41, 5.74) is 0. The SMILES string of the molecule is CC(C)C1([Se]Cl)CCCC1. The van der Waals surface area contributed by atoms with E-state index in [0.29, 0.717) is 18.4 Å². The molecule has 0 spiro atoms. The number of rotatable bonds is 2. The first-order valence-electron chi connectivity index (χ1n) is 4.01. The maximum atomic E-state index is 6.02. The van der Waals surface area contributed by atoms with Gasteiger partial charge in [0.05, 0.1) is 0 Å². The zero-order valence-corrected chi connectivity index (χ0v) is 9.16. The fourth-order valence-corrected chi connectivity index (χ4v) is 4.75. The average Bonchev–Trinajstić information content (AvgIpc) is 2.35. The van der Waals surface area contributed by atoms with Crippen molar-refractivity contribution >= 4 is 24.1 Å². The monoisotopic (exact) mass is 226 g/mol. The van der Waals surface area contributed by atoms with Crippen molar-refractivity contribution in [3.63, 3.8) is 0 Å². The summed E-state index contributed by atoms with van der Waals surface area (Å²) >= 11 is 0.345. The molecular formula is C8H15ClSe. The molecule has 10 heavy (non-hydrogen) atoms. The molecule has 0 N–H and O–H groups in total. The van der Waals surface area contributed by atoms with E-state index in [0.717, 1.165) is 5.92 Å². The second-order valence-corrected chi connectivity index (χ2v) is 6.34. The van der Waals surface area contributed by atoms with E-state index in [1.54, 1.807) is 0 Å². The average molecular weight is 226 g/mol. The summed E-state index contributed by atoms with van der Waals surface area (Å²) in [6.07, 6.45) is 5.58. The predicted molar refractivity (Wildman–Crippen MR) is 47.6 cm³/mol. The van der Waals surface area contributed by atoms with Gasteiger partial charge in [-0.15, -0.1) is 0 Å². The number of hydrogen-bond acceptors (Lipinski definition) is 0. The summed E-state index contributed by atoms with van der Waals surface area (Å²) in [7, 11) is 6.02. The van der Waals surface area contributed by atoms with Crippen LogP contribution in [0.15, 0.2) is 0 Å². The van der Waals surface area contributed by atoms with E-state index in [2.05, 4.69) is 13.8 Å². The van der Waals surface area contributed by atoms with Crippen LogP contribution in [0.1, 0.15) is 39.5 Å². The van der Waals surface area contributed by atoms with Crippen LogP contribution >= 0.6 is 10.1 Å². The Hall–Kier alpha value is 0.809. The Morgan fingerprint density at radius 3 is 2.00 bits per heavy atom. The van der Waals surface area contributed by atoms with Crippen LogP contribution in [-0.4, -0.2) is 14.0 Å². The van der Waals surface area contributed by atoms with E-state index in [1.807, 2.05) is 0 Å². The molecule has 1 saturated carbocycles. The van der Waals surface area contributed by atoms with Crippen LogP contribution in [-0.2, 0) is 0 Å². The Morgan fingerprint density at radius 2 is 1.80 bits per heavy atom. The van der Waals surface area contributed by atoms with Crippen molar-refractivity contribution in [1.29, 1.82) is 0 Å². The summed E-state index contributed by atoms with van der Waals surface area (Å²) in [4.78, 5) is 0. The van der Waals surface area contributed by atoms with E-state index >= 15 is 0 Å². The van der Waals surface area contributed by atoms with Crippen molar-refractivity contribution in [2.75, 3.05) is 0 Å². The first-order chi connectivity index (χ1) is 4.71. The van der Waals surface area contributed by atoms with Crippen molar-refractivity contribution in [1.82, 2.24) is 0 Å². The molecule has 60 valence electrons. The van der Waals surface area contributed by atoms with Crippen LogP contribution < -0.4 is 0 Å². The van der Waals surface area contributed by atoms with Gasteiger partial charge in [-0.05, 0) is 0 Å². The standard InChI is InChI=1S/C8H15ClSe/c1-7(2)8(10-9)5-3-4-6-8/h7H,3-6H2,1-2H3. The van der Waals surface area contributed by atoms with Gasteiger partial charge in [-0.2, -0.15) is 0 Å². The molecule has 0 saturated heterocycles. The molecule has 0 nitrogen and oxygen atoms in total. The molecule has 0 heterocycles. The minimum absolute atomic E-state index is 0.345. The molecule has 0 aliphatic heterocycles. The number of hydrogen-bond donors (Lipinski definition) is 0. The number of halogens is 1. The van der Waals surface area contributed by atoms with Crippen molar-refractivity contribution < 1.29 is 0 Å². The topological polar surface area (TPSA) is 0 Å². The van der Waals surface area contributed by atoms with Gasteiger partial charge >= 0.3 is 73.9 Å². The van der Waals surface area contributed by atoms with Gasteiger partial charge < -0.3 is 0 Å². The molecule has 1 aliphatic rings. The van der Waals surface area contributed by atoms with Gasteiger partial charge in [0.1, 0.15) is 0 Å². The van der Waals surface area contributed by atoms with Crippen molar-refractivity contribution in [2.24, 2.45) is 5.92 Å². The summed E-state index contributed by atoms with van der Waals surface area (Å²) in [5.74, 6) is 0.799. The molecule has 0 bridgehead atoms. The molecule has 0 atom stereocenters. The molecular weight excluding hydrogens is 211 g/mol. The van der Waals surface area contributed by atoms with Crippen LogP contribution in [0.4, 0.5) is 0 Å². The van der Waals surface area contributed by atoms with Gasteiger partial charge in [-0.25, -0.2) is 0 Å². The van der Waals surface area contributed by atoms with Crippen molar-refractivity contribution in [3.05, 3.63) is 0 Å². The summed E-state index contributed by atoms with van der Waals surface area (Å²) < 4.78 is 0.564. The Bertz CT molecular complexity index is 106. The molecule has 1 rings (SSSR count). The third kappa shape index (κ3) is 1.52. The summed E-state index contributed by atoms with van der Waals surface area (Å²) in [6.45, 7) is 4.63. The Balaban J connectivity index is 2.58. The third-order valence-corrected chi connectivity index (χ3v) is 6.74. The Morgan fingerprint density at radius 1 is 1.30 bits per heavy atom. The molecule has 2 heteroatoms. The van der Waals surface area contributed by atoms with E-state index in [1.165, 1.54) is 25.7 Å². The molecule has 0 amide bonds. The van der Waals surface area contributed by atoms with Crippen LogP contribution in [0.3, 0.4) is 0 Å².